The van der Waals surface area contributed by atoms with Gasteiger partial charge >= 0.3 is 0 Å². The Morgan fingerprint density at radius 3 is 1.13 bits per heavy atom. The van der Waals surface area contributed by atoms with E-state index in [1.807, 2.05) is 0 Å². The summed E-state index contributed by atoms with van der Waals surface area (Å²) in [5.41, 5.74) is 3.05. The van der Waals surface area contributed by atoms with Crippen LogP contribution in [0.15, 0.2) is 131 Å². The van der Waals surface area contributed by atoms with Crippen molar-refractivity contribution in [2.75, 3.05) is 14.2 Å². The average Bonchev–Trinajstić information content (AvgIpc) is 3.08. The molecule has 6 rings (SSSR count). The van der Waals surface area contributed by atoms with Crippen molar-refractivity contribution in [2.45, 2.75) is 9.79 Å². The van der Waals surface area contributed by atoms with Gasteiger partial charge in [0.1, 0.15) is 34.8 Å². The van der Waals surface area contributed by atoms with Gasteiger partial charge in [-0.3, -0.25) is 0 Å². The summed E-state index contributed by atoms with van der Waals surface area (Å²) in [7, 11) is -1.07. The van der Waals surface area contributed by atoms with Gasteiger partial charge in [-0.25, -0.2) is 26.0 Å². The summed E-state index contributed by atoms with van der Waals surface area (Å²) >= 11 is 0. The van der Waals surface area contributed by atoms with Crippen molar-refractivity contribution >= 4 is 9.84 Å². The number of ether oxygens (including phenoxy) is 2. The van der Waals surface area contributed by atoms with Gasteiger partial charge in [-0.2, -0.15) is 0 Å². The lowest BCUT2D eigenvalue weighted by Crippen LogP contribution is -2.02. The molecule has 0 unspecified atom stereocenters. The maximum Gasteiger partial charge on any atom is 0.206 e. The second-order valence-corrected chi connectivity index (χ2v) is 12.6. The van der Waals surface area contributed by atoms with E-state index >= 15 is 8.78 Å². The Morgan fingerprint density at radius 1 is 0.426 bits per heavy atom. The molecule has 4 nitrogen and oxygen atoms in total. The molecule has 0 aliphatic heterocycles. The van der Waals surface area contributed by atoms with E-state index in [-0.39, 0.29) is 32.0 Å². The van der Waals surface area contributed by atoms with Crippen molar-refractivity contribution in [1.29, 1.82) is 0 Å². The fourth-order valence-electron chi connectivity index (χ4n) is 5.40. The summed E-state index contributed by atoms with van der Waals surface area (Å²) in [6.07, 6.45) is 0. The zero-order chi connectivity index (χ0) is 33.3. The molecule has 236 valence electrons. The second-order valence-electron chi connectivity index (χ2n) is 10.6. The van der Waals surface area contributed by atoms with Crippen molar-refractivity contribution in [2.24, 2.45) is 0 Å². The minimum absolute atomic E-state index is 0.0371. The Labute approximate surface area is 269 Å². The summed E-state index contributed by atoms with van der Waals surface area (Å²) in [6.45, 7) is 0. The fraction of sp³-hybridized carbons (Fsp3) is 0.0526. The first kappa shape index (κ1) is 31.6. The topological polar surface area (TPSA) is 52.6 Å². The molecule has 0 fully saturated rings. The highest BCUT2D eigenvalue weighted by molar-refractivity contribution is 7.91. The summed E-state index contributed by atoms with van der Waals surface area (Å²) in [4.78, 5) is 0.0741. The highest BCUT2D eigenvalue weighted by Crippen LogP contribution is 2.37. The molecule has 0 N–H and O–H groups in total. The van der Waals surface area contributed by atoms with E-state index in [1.165, 1.54) is 99.1 Å². The van der Waals surface area contributed by atoms with Gasteiger partial charge in [-0.05, 0) is 95.1 Å². The summed E-state index contributed by atoms with van der Waals surface area (Å²) < 4.78 is 95.4. The first-order chi connectivity index (χ1) is 22.6. The predicted molar refractivity (Wildman–Crippen MR) is 173 cm³/mol. The van der Waals surface area contributed by atoms with E-state index in [9.17, 15) is 17.2 Å². The third-order valence-electron chi connectivity index (χ3n) is 7.84. The van der Waals surface area contributed by atoms with Crippen LogP contribution >= 0.6 is 0 Å². The molecule has 9 heteroatoms. The largest absolute Gasteiger partial charge is 0.496 e. The summed E-state index contributed by atoms with van der Waals surface area (Å²) in [5, 5.41) is 0. The maximum absolute atomic E-state index is 15.2. The Morgan fingerprint density at radius 2 is 0.787 bits per heavy atom. The normalized spacial score (nSPS) is 11.4. The Balaban J connectivity index is 1.22. The van der Waals surface area contributed by atoms with Crippen LogP contribution in [-0.2, 0) is 9.84 Å². The highest BCUT2D eigenvalue weighted by atomic mass is 32.2. The fourth-order valence-corrected chi connectivity index (χ4v) is 6.66. The third-order valence-corrected chi connectivity index (χ3v) is 9.62. The molecule has 0 amide bonds. The molecule has 0 heterocycles. The Kier molecular flexibility index (Phi) is 8.58. The number of sulfone groups is 1. The zero-order valence-electron chi connectivity index (χ0n) is 25.1. The molecule has 6 aromatic rings. The van der Waals surface area contributed by atoms with E-state index in [0.717, 1.165) is 0 Å². The van der Waals surface area contributed by atoms with Crippen LogP contribution in [0.1, 0.15) is 0 Å². The van der Waals surface area contributed by atoms with Gasteiger partial charge in [0, 0.05) is 22.3 Å². The van der Waals surface area contributed by atoms with Gasteiger partial charge in [-0.15, -0.1) is 0 Å². The average molecular weight is 655 g/mol. The van der Waals surface area contributed by atoms with Crippen molar-refractivity contribution in [3.63, 3.8) is 0 Å². The quantitative estimate of drug-likeness (QED) is 0.153. The molecule has 0 spiro atoms. The molecular weight excluding hydrogens is 628 g/mol. The van der Waals surface area contributed by atoms with Crippen molar-refractivity contribution < 1.29 is 35.5 Å². The smallest absolute Gasteiger partial charge is 0.206 e. The Bertz CT molecular complexity index is 2060. The molecule has 0 bridgehead atoms. The number of benzene rings is 6. The minimum atomic E-state index is -3.91. The molecule has 0 aliphatic rings. The van der Waals surface area contributed by atoms with E-state index in [2.05, 4.69) is 0 Å². The van der Waals surface area contributed by atoms with E-state index in [0.29, 0.717) is 33.8 Å². The lowest BCUT2D eigenvalue weighted by Gasteiger charge is -2.12. The van der Waals surface area contributed by atoms with Crippen LogP contribution in [0.4, 0.5) is 17.6 Å². The van der Waals surface area contributed by atoms with Gasteiger partial charge in [0.25, 0.3) is 0 Å². The first-order valence-corrected chi connectivity index (χ1v) is 15.8. The minimum Gasteiger partial charge on any atom is -0.496 e. The standard InChI is InChI=1S/C38H26F4O4S/c1-45-37-17-9-27(39)21-33(37)31-15-7-25(19-35(31)41)23-3-11-29(12-4-23)47(43,44)30-13-5-24(6-14-30)26-8-16-32(36(42)20-26)34-22-28(40)10-18-38(34)46-2/h3-22H,1-2H3. The van der Waals surface area contributed by atoms with Gasteiger partial charge < -0.3 is 9.47 Å². The number of halogens is 4. The van der Waals surface area contributed by atoms with Crippen molar-refractivity contribution in [3.8, 4) is 56.0 Å². The van der Waals surface area contributed by atoms with E-state index in [4.69, 9.17) is 9.47 Å². The molecule has 0 saturated carbocycles. The third kappa shape index (κ3) is 6.22. The van der Waals surface area contributed by atoms with Crippen LogP contribution in [0.5, 0.6) is 11.5 Å². The highest BCUT2D eigenvalue weighted by Gasteiger charge is 2.19. The van der Waals surface area contributed by atoms with Crippen LogP contribution < -0.4 is 9.47 Å². The van der Waals surface area contributed by atoms with Gasteiger partial charge in [0.05, 0.1) is 24.0 Å². The van der Waals surface area contributed by atoms with Crippen LogP contribution in [0.25, 0.3) is 44.5 Å². The number of rotatable bonds is 8. The number of hydrogen-bond donors (Lipinski definition) is 0. The number of methoxy groups -OCH3 is 2. The van der Waals surface area contributed by atoms with Gasteiger partial charge in [0.2, 0.25) is 9.84 Å². The van der Waals surface area contributed by atoms with Crippen LogP contribution in [0, 0.1) is 23.3 Å². The summed E-state index contributed by atoms with van der Waals surface area (Å²) in [6, 6.07) is 28.7. The Hall–Kier alpha value is -5.41. The lowest BCUT2D eigenvalue weighted by molar-refractivity contribution is 0.415. The SMILES string of the molecule is COc1ccc(F)cc1-c1ccc(-c2ccc(S(=O)(=O)c3ccc(-c4ccc(-c5cc(F)ccc5OC)c(F)c4)cc3)cc2)cc1F. The van der Waals surface area contributed by atoms with Crippen molar-refractivity contribution in [1.82, 2.24) is 0 Å². The molecule has 0 aromatic heterocycles. The van der Waals surface area contributed by atoms with Crippen molar-refractivity contribution in [3.05, 3.63) is 145 Å². The molecule has 0 saturated heterocycles. The first-order valence-electron chi connectivity index (χ1n) is 14.3. The zero-order valence-corrected chi connectivity index (χ0v) is 25.9. The molecule has 0 atom stereocenters. The van der Waals surface area contributed by atoms with Gasteiger partial charge in [-0.1, -0.05) is 48.5 Å². The van der Waals surface area contributed by atoms with Crippen LogP contribution in [0.3, 0.4) is 0 Å². The molecule has 0 aliphatic carbocycles. The van der Waals surface area contributed by atoms with Gasteiger partial charge in [0.15, 0.2) is 0 Å². The maximum atomic E-state index is 15.2. The molecular formula is C38H26F4O4S. The monoisotopic (exact) mass is 654 g/mol. The lowest BCUT2D eigenvalue weighted by atomic mass is 9.99. The second kappa shape index (κ2) is 12.8. The van der Waals surface area contributed by atoms with E-state index < -0.39 is 33.1 Å². The predicted octanol–water partition coefficient (Wildman–Crippen LogP) is 9.76. The molecule has 47 heavy (non-hydrogen) atoms. The van der Waals surface area contributed by atoms with Crippen LogP contribution in [0.2, 0.25) is 0 Å². The molecule has 0 radical (unpaired) electrons. The van der Waals surface area contributed by atoms with E-state index in [1.54, 1.807) is 36.4 Å². The number of hydrogen-bond acceptors (Lipinski definition) is 4. The molecule has 6 aromatic carbocycles. The summed E-state index contributed by atoms with van der Waals surface area (Å²) in [5.74, 6) is -1.58. The van der Waals surface area contributed by atoms with Crippen LogP contribution in [-0.4, -0.2) is 22.6 Å².